The number of hydrogen-bond acceptors (Lipinski definition) is 21. The normalized spacial score (nSPS) is 20.0. The van der Waals surface area contributed by atoms with Crippen molar-refractivity contribution in [3.63, 3.8) is 0 Å². The van der Waals surface area contributed by atoms with E-state index in [1.165, 1.54) is 123 Å². The van der Waals surface area contributed by atoms with Gasteiger partial charge >= 0.3 is 18.0 Å². The van der Waals surface area contributed by atoms with Crippen LogP contribution in [0.25, 0.3) is 46.9 Å². The summed E-state index contributed by atoms with van der Waals surface area (Å²) in [7, 11) is 1.80. The van der Waals surface area contributed by atoms with Crippen molar-refractivity contribution in [3.8, 4) is 18.0 Å². The lowest BCUT2D eigenvalue weighted by molar-refractivity contribution is -0.129. The Bertz CT molecular complexity index is 6070. The van der Waals surface area contributed by atoms with E-state index in [0.717, 1.165) is 128 Å². The van der Waals surface area contributed by atoms with Gasteiger partial charge in [-0.05, 0) is 162 Å². The van der Waals surface area contributed by atoms with Crippen LogP contribution in [-0.2, 0) is 58.1 Å². The number of fused-ring (bicyclic) bond motifs is 6. The van der Waals surface area contributed by atoms with Crippen LogP contribution >= 0.6 is 0 Å². The van der Waals surface area contributed by atoms with Crippen LogP contribution < -0.4 is 43.6 Å². The van der Waals surface area contributed by atoms with Gasteiger partial charge in [-0.15, -0.1) is 0 Å². The number of aryl methyl sites for hydroxylation is 3. The van der Waals surface area contributed by atoms with Crippen molar-refractivity contribution in [2.45, 2.75) is 149 Å². The molecule has 2 unspecified atom stereocenters. The van der Waals surface area contributed by atoms with Gasteiger partial charge in [0, 0.05) is 197 Å². The van der Waals surface area contributed by atoms with Crippen LogP contribution in [0, 0.1) is 46.4 Å². The number of allylic oxidation sites excluding steroid dienone is 3. The van der Waals surface area contributed by atoms with E-state index in [-0.39, 0.29) is 78.9 Å². The highest BCUT2D eigenvalue weighted by Gasteiger charge is 2.42. The van der Waals surface area contributed by atoms with Crippen LogP contribution in [0.3, 0.4) is 0 Å². The van der Waals surface area contributed by atoms with Gasteiger partial charge in [0.2, 0.25) is 43.3 Å². The molecule has 6 saturated heterocycles. The number of aromatic nitrogens is 6. The summed E-state index contributed by atoms with van der Waals surface area (Å²) in [5, 5.41) is 7.40. The van der Waals surface area contributed by atoms with Gasteiger partial charge in [0.15, 0.2) is 0 Å². The zero-order valence-electron chi connectivity index (χ0n) is 80.0. The molecule has 0 bridgehead atoms. The maximum absolute atomic E-state index is 12.8. The van der Waals surface area contributed by atoms with Gasteiger partial charge in [-0.1, -0.05) is 104 Å². The lowest BCUT2D eigenvalue weighted by Gasteiger charge is -2.49. The fraction of sp³-hybridized carbons (Fsp3) is 0.481. The molecular formula is C106H126F3N21O7. The molecule has 718 valence electrons. The van der Waals surface area contributed by atoms with Crippen molar-refractivity contribution in [3.05, 3.63) is 230 Å². The quantitative estimate of drug-likeness (QED) is 0.0383. The fourth-order valence-corrected chi connectivity index (χ4v) is 21.1. The molecule has 18 rings (SSSR count). The Balaban J connectivity index is 0.000000149. The van der Waals surface area contributed by atoms with Gasteiger partial charge in [0.05, 0.1) is 43.3 Å². The zero-order valence-corrected chi connectivity index (χ0v) is 80.0. The number of anilines is 6. The molecule has 3 aromatic heterocycles. The van der Waals surface area contributed by atoms with Gasteiger partial charge in [-0.2, -0.15) is 29.9 Å². The molecule has 9 aliphatic heterocycles. The minimum Gasteiger partial charge on any atom is -0.463 e. The predicted octanol–water partition coefficient (Wildman–Crippen LogP) is 14.3. The van der Waals surface area contributed by atoms with Crippen LogP contribution in [0.15, 0.2) is 146 Å². The minimum atomic E-state index is -0.713. The molecule has 6 aromatic carbocycles. The van der Waals surface area contributed by atoms with Crippen molar-refractivity contribution < 1.29 is 46.6 Å². The lowest BCUT2D eigenvalue weighted by atomic mass is 9.94. The van der Waals surface area contributed by atoms with Crippen LogP contribution in [-0.4, -0.2) is 290 Å². The highest BCUT2D eigenvalue weighted by atomic mass is 19.1. The monoisotopic (exact) mass is 1860 g/mol. The van der Waals surface area contributed by atoms with Gasteiger partial charge in [-0.25, -0.2) is 32.9 Å². The Kier molecular flexibility index (Phi) is 31.7. The summed E-state index contributed by atoms with van der Waals surface area (Å²) in [4.78, 5) is 117. The first-order valence-electron chi connectivity index (χ1n) is 48.4. The van der Waals surface area contributed by atoms with Crippen molar-refractivity contribution in [2.75, 3.05) is 207 Å². The standard InChI is InChI=1S/2C36H44FN7O2.C34H38FN7O3/c1-25-9-6-10-26-11-7-12-31(33(25)26)41-17-15-29-30(23-41)39-35(46-24-27-14-18-44(27)36(2,3)4)40-34(29)42-19-20-43(28(22-42)21-38-5)32(45)13-8-16-37;1-27-10-7-11-28-12-8-13-32(34(27)28)42-19-15-30-31(26-42)39-36(46-23-22-41-17-5-3-4-6-18-41)40-35(30)43-20-21-44(29(25-43)24-38-2)33(45)14-9-16-37;1-23-7-4-8-25-9-5-10-29(32(23)25)40-14-12-27-28(21-40)37-34(45-22-24-17-31(44)39(3)19-24)38-33(27)41-15-16-42(26(20-41)18-36-2)30(43)11-6-13-35/h6-13,27-28H,14-24H2,1-4H3;7-14,29H,3-6,15-26H2,1H3;4-11,24,26H,12-22H2,1,3H3/b13-8+;14-9+;11-6+/t27?,28-;29-;24?,26-/m000/s1. The molecule has 0 radical (unpaired) electrons. The fourth-order valence-electron chi connectivity index (χ4n) is 21.1. The maximum atomic E-state index is 12.8. The van der Waals surface area contributed by atoms with Gasteiger partial charge in [0.25, 0.3) is 0 Å². The molecule has 6 fully saturated rings. The number of rotatable bonds is 25. The average Bonchev–Trinajstić information content (AvgIpc) is 0.930. The first-order chi connectivity index (χ1) is 66.6. The number of nitrogens with zero attached hydrogens (tertiary/aromatic N) is 21. The first kappa shape index (κ1) is 96.9. The van der Waals surface area contributed by atoms with E-state index >= 15 is 0 Å². The summed E-state index contributed by atoms with van der Waals surface area (Å²) < 4.78 is 57.1. The maximum Gasteiger partial charge on any atom is 0.318 e. The summed E-state index contributed by atoms with van der Waals surface area (Å²) in [6.07, 6.45) is 16.3. The SMILES string of the molecule is [C-]#[N+]C[C@H]1CN(c2nc(OCC3CC(=O)N(C)C3)nc3c2CCN(c2cccc4cccc(C)c24)C3)CCN1C(=O)/C=C/CF.[C-]#[N+]C[C@H]1CN(c2nc(OCC3CCN3C(C)(C)C)nc3c2CCN(c2cccc4cccc(C)c24)C3)CCN1C(=O)/C=C/CF.[C-]#[N+]C[C@H]1CN(c2nc(OCCN3CCCCCC3)nc3c2CCN(c2cccc4cccc(C)c24)C3)CCN1C(=O)/C=C/CF. The van der Waals surface area contributed by atoms with E-state index < -0.39 is 20.0 Å². The number of likely N-dealkylation sites (tertiary alicyclic amines) is 3. The highest BCUT2D eigenvalue weighted by Crippen LogP contribution is 2.42. The number of benzene rings is 6. The summed E-state index contributed by atoms with van der Waals surface area (Å²) in [6, 6.07) is 38.9. The van der Waals surface area contributed by atoms with E-state index in [4.69, 9.17) is 63.8 Å². The first-order valence-corrected chi connectivity index (χ1v) is 48.4. The third-order valence-electron chi connectivity index (χ3n) is 28.1. The Morgan fingerprint density at radius 2 is 0.803 bits per heavy atom. The number of carbonyl (C=O) groups is 4. The molecule has 4 amide bonds. The minimum absolute atomic E-state index is 0.0655. The van der Waals surface area contributed by atoms with E-state index in [1.54, 1.807) is 26.6 Å². The molecule has 5 atom stereocenters. The number of carbonyl (C=O) groups excluding carboxylic acids is 4. The van der Waals surface area contributed by atoms with Gasteiger partial charge in [0.1, 0.15) is 68.8 Å². The second-order valence-electron chi connectivity index (χ2n) is 38.1. The van der Waals surface area contributed by atoms with Crippen molar-refractivity contribution in [1.82, 2.24) is 59.3 Å². The molecule has 9 aliphatic rings. The number of hydrogen-bond donors (Lipinski definition) is 0. The number of amides is 4. The third-order valence-corrected chi connectivity index (χ3v) is 28.1. The lowest BCUT2D eigenvalue weighted by Crippen LogP contribution is -2.59. The van der Waals surface area contributed by atoms with E-state index in [2.05, 4.69) is 204 Å². The highest BCUT2D eigenvalue weighted by molar-refractivity contribution is 5.99. The van der Waals surface area contributed by atoms with E-state index in [1.807, 2.05) is 0 Å². The number of piperazine rings is 3. The van der Waals surface area contributed by atoms with Crippen molar-refractivity contribution >= 4 is 90.5 Å². The molecule has 137 heavy (non-hydrogen) atoms. The number of halogens is 3. The second-order valence-corrected chi connectivity index (χ2v) is 38.1. The summed E-state index contributed by atoms with van der Waals surface area (Å²) >= 11 is 0. The van der Waals surface area contributed by atoms with Crippen LogP contribution in [0.2, 0.25) is 0 Å². The predicted molar refractivity (Wildman–Crippen MR) is 531 cm³/mol. The summed E-state index contributed by atoms with van der Waals surface area (Å²) in [6.45, 7) is 48.8. The van der Waals surface area contributed by atoms with Crippen molar-refractivity contribution in [1.29, 1.82) is 0 Å². The molecule has 0 spiro atoms. The largest absolute Gasteiger partial charge is 0.463 e. The second kappa shape index (κ2) is 44.7. The van der Waals surface area contributed by atoms with Crippen molar-refractivity contribution in [2.24, 2.45) is 5.92 Å². The molecule has 0 saturated carbocycles. The Morgan fingerprint density at radius 1 is 0.438 bits per heavy atom. The molecule has 12 heterocycles. The third kappa shape index (κ3) is 22.6. The zero-order chi connectivity index (χ0) is 95.8. The van der Waals surface area contributed by atoms with Crippen LogP contribution in [0.1, 0.15) is 110 Å². The summed E-state index contributed by atoms with van der Waals surface area (Å²) in [5.74, 6) is 1.81. The molecular weight excluding hydrogens is 1740 g/mol. The average molecular weight is 1860 g/mol. The van der Waals surface area contributed by atoms with E-state index in [9.17, 15) is 32.3 Å². The number of ether oxygens (including phenoxy) is 3. The molecule has 9 aromatic rings. The van der Waals surface area contributed by atoms with Gasteiger partial charge < -0.3 is 77.7 Å². The van der Waals surface area contributed by atoms with E-state index in [0.29, 0.717) is 129 Å². The van der Waals surface area contributed by atoms with Crippen LogP contribution in [0.4, 0.5) is 47.7 Å². The smallest absolute Gasteiger partial charge is 0.318 e. The Morgan fingerprint density at radius 3 is 1.14 bits per heavy atom. The van der Waals surface area contributed by atoms with Crippen LogP contribution in [0.5, 0.6) is 18.0 Å². The topological polar surface area (TPSA) is 225 Å². The molecule has 0 aliphatic carbocycles. The molecule has 0 N–H and O–H groups in total. The Hall–Kier alpha value is -13.2. The molecule has 28 nitrogen and oxygen atoms in total. The van der Waals surface area contributed by atoms with Gasteiger partial charge in [-0.3, -0.25) is 29.0 Å². The Labute approximate surface area is 802 Å². The molecule has 31 heteroatoms. The number of alkyl halides is 3. The summed E-state index contributed by atoms with van der Waals surface area (Å²) in [5.41, 5.74) is 13.4.